The van der Waals surface area contributed by atoms with E-state index in [4.69, 9.17) is 0 Å². The smallest absolute Gasteiger partial charge is 0.251 e. The molecule has 0 bridgehead atoms. The molecule has 1 heterocycles. The van der Waals surface area contributed by atoms with Crippen molar-refractivity contribution in [1.82, 2.24) is 14.9 Å². The fourth-order valence-corrected chi connectivity index (χ4v) is 4.88. The monoisotopic (exact) mass is 372 g/mol. The highest BCUT2D eigenvalue weighted by atomic mass is 32.2. The van der Waals surface area contributed by atoms with Crippen molar-refractivity contribution >= 4 is 23.5 Å². The van der Waals surface area contributed by atoms with Crippen LogP contribution in [-0.4, -0.2) is 33.3 Å². The zero-order valence-electron chi connectivity index (χ0n) is 15.8. The first kappa shape index (κ1) is 18.8. The Labute approximate surface area is 160 Å². The second-order valence-corrected chi connectivity index (χ2v) is 8.38. The SMILES string of the molecule is CCNC(=O)c1ccc(SC2CCCC(Nc3cn(C)cn3)C2)cc1C. The van der Waals surface area contributed by atoms with Crippen molar-refractivity contribution in [3.05, 3.63) is 41.9 Å². The van der Waals surface area contributed by atoms with E-state index in [0.717, 1.165) is 23.4 Å². The lowest BCUT2D eigenvalue weighted by Gasteiger charge is -2.29. The molecule has 1 fully saturated rings. The van der Waals surface area contributed by atoms with Crippen LogP contribution in [-0.2, 0) is 7.05 Å². The van der Waals surface area contributed by atoms with Gasteiger partial charge in [-0.1, -0.05) is 6.42 Å². The zero-order valence-corrected chi connectivity index (χ0v) is 16.6. The number of thioether (sulfide) groups is 1. The quantitative estimate of drug-likeness (QED) is 0.805. The van der Waals surface area contributed by atoms with E-state index in [1.54, 1.807) is 0 Å². The van der Waals surface area contributed by atoms with Crippen molar-refractivity contribution in [1.29, 1.82) is 0 Å². The molecule has 3 rings (SSSR count). The molecule has 1 aromatic carbocycles. The minimum atomic E-state index is 0.0128. The van der Waals surface area contributed by atoms with Gasteiger partial charge in [0.1, 0.15) is 5.82 Å². The van der Waals surface area contributed by atoms with Crippen molar-refractivity contribution in [3.63, 3.8) is 0 Å². The van der Waals surface area contributed by atoms with Crippen LogP contribution in [0.3, 0.4) is 0 Å². The number of hydrogen-bond acceptors (Lipinski definition) is 4. The molecule has 0 aliphatic heterocycles. The number of nitrogens with zero attached hydrogens (tertiary/aromatic N) is 2. The van der Waals surface area contributed by atoms with Gasteiger partial charge in [0, 0.05) is 41.5 Å². The van der Waals surface area contributed by atoms with Gasteiger partial charge in [-0.15, -0.1) is 11.8 Å². The second-order valence-electron chi connectivity index (χ2n) is 7.01. The number of rotatable bonds is 6. The number of aromatic nitrogens is 2. The van der Waals surface area contributed by atoms with Gasteiger partial charge in [-0.25, -0.2) is 4.98 Å². The highest BCUT2D eigenvalue weighted by Gasteiger charge is 2.23. The molecule has 2 atom stereocenters. The molecular weight excluding hydrogens is 344 g/mol. The fraction of sp³-hybridized carbons (Fsp3) is 0.500. The topological polar surface area (TPSA) is 59.0 Å². The Morgan fingerprint density at radius 2 is 2.23 bits per heavy atom. The van der Waals surface area contributed by atoms with Gasteiger partial charge >= 0.3 is 0 Å². The van der Waals surface area contributed by atoms with Crippen molar-refractivity contribution in [2.45, 2.75) is 55.7 Å². The number of carbonyl (C=O) groups is 1. The highest BCUT2D eigenvalue weighted by molar-refractivity contribution is 8.00. The second kappa shape index (κ2) is 8.62. The summed E-state index contributed by atoms with van der Waals surface area (Å²) in [5, 5.41) is 7.04. The van der Waals surface area contributed by atoms with Crippen LogP contribution >= 0.6 is 11.8 Å². The van der Waals surface area contributed by atoms with Gasteiger partial charge in [0.15, 0.2) is 0 Å². The summed E-state index contributed by atoms with van der Waals surface area (Å²) >= 11 is 1.93. The van der Waals surface area contributed by atoms with Crippen molar-refractivity contribution in [2.75, 3.05) is 11.9 Å². The van der Waals surface area contributed by atoms with Crippen LogP contribution in [0, 0.1) is 6.92 Å². The summed E-state index contributed by atoms with van der Waals surface area (Å²) < 4.78 is 1.97. The first-order chi connectivity index (χ1) is 12.5. The van der Waals surface area contributed by atoms with Crippen LogP contribution in [0.15, 0.2) is 35.6 Å². The molecule has 2 unspecified atom stereocenters. The molecule has 1 aliphatic carbocycles. The van der Waals surface area contributed by atoms with Gasteiger partial charge in [-0.05, 0) is 56.9 Å². The molecular formula is C20H28N4OS. The first-order valence-corrected chi connectivity index (χ1v) is 10.2. The maximum Gasteiger partial charge on any atom is 0.251 e. The highest BCUT2D eigenvalue weighted by Crippen LogP contribution is 2.35. The normalized spacial score (nSPS) is 20.0. The number of hydrogen-bond donors (Lipinski definition) is 2. The Balaban J connectivity index is 1.59. The summed E-state index contributed by atoms with van der Waals surface area (Å²) in [6, 6.07) is 6.66. The number of benzene rings is 1. The number of carbonyl (C=O) groups excluding carboxylic acids is 1. The Bertz CT molecular complexity index is 758. The van der Waals surface area contributed by atoms with Crippen LogP contribution in [0.25, 0.3) is 0 Å². The van der Waals surface area contributed by atoms with Gasteiger partial charge in [0.05, 0.1) is 6.33 Å². The average Bonchev–Trinajstić information content (AvgIpc) is 3.00. The third-order valence-electron chi connectivity index (χ3n) is 4.77. The first-order valence-electron chi connectivity index (χ1n) is 9.35. The average molecular weight is 373 g/mol. The minimum Gasteiger partial charge on any atom is -0.366 e. The molecule has 1 aliphatic rings. The van der Waals surface area contributed by atoms with Crippen molar-refractivity contribution in [3.8, 4) is 0 Å². The molecule has 0 radical (unpaired) electrons. The number of imidazole rings is 1. The van der Waals surface area contributed by atoms with E-state index in [1.165, 1.54) is 24.2 Å². The van der Waals surface area contributed by atoms with E-state index in [1.807, 2.05) is 55.8 Å². The van der Waals surface area contributed by atoms with Gasteiger partial charge in [-0.3, -0.25) is 4.79 Å². The zero-order chi connectivity index (χ0) is 18.5. The number of nitrogens with one attached hydrogen (secondary N) is 2. The van der Waals surface area contributed by atoms with Gasteiger partial charge in [-0.2, -0.15) is 0 Å². The van der Waals surface area contributed by atoms with E-state index in [2.05, 4.69) is 27.8 Å². The molecule has 1 saturated carbocycles. The van der Waals surface area contributed by atoms with E-state index in [9.17, 15) is 4.79 Å². The lowest BCUT2D eigenvalue weighted by Crippen LogP contribution is -2.28. The molecule has 1 aromatic heterocycles. The summed E-state index contributed by atoms with van der Waals surface area (Å²) in [6.07, 6.45) is 8.66. The van der Waals surface area contributed by atoms with E-state index in [-0.39, 0.29) is 5.91 Å². The minimum absolute atomic E-state index is 0.0128. The molecule has 1 amide bonds. The van der Waals surface area contributed by atoms with Crippen LogP contribution in [0.2, 0.25) is 0 Å². The molecule has 6 heteroatoms. The predicted octanol–water partition coefficient (Wildman–Crippen LogP) is 3.99. The fourth-order valence-electron chi connectivity index (χ4n) is 3.49. The summed E-state index contributed by atoms with van der Waals surface area (Å²) in [4.78, 5) is 17.7. The molecule has 2 aromatic rings. The Morgan fingerprint density at radius 1 is 1.38 bits per heavy atom. The van der Waals surface area contributed by atoms with E-state index in [0.29, 0.717) is 17.8 Å². The summed E-state index contributed by atoms with van der Waals surface area (Å²) in [6.45, 7) is 4.61. The molecule has 140 valence electrons. The standard InChI is InChI=1S/C20H28N4OS/c1-4-21-20(25)18-9-8-17(10-14(18)2)26-16-7-5-6-15(11-16)23-19-12-24(3)13-22-19/h8-10,12-13,15-16,23H,4-7,11H2,1-3H3,(H,21,25). The maximum atomic E-state index is 12.1. The van der Waals surface area contributed by atoms with Crippen molar-refractivity contribution < 1.29 is 4.79 Å². The number of anilines is 1. The van der Waals surface area contributed by atoms with Crippen molar-refractivity contribution in [2.24, 2.45) is 7.05 Å². The third kappa shape index (κ3) is 4.81. The maximum absolute atomic E-state index is 12.1. The molecule has 0 spiro atoms. The Kier molecular flexibility index (Phi) is 6.25. The lowest BCUT2D eigenvalue weighted by molar-refractivity contribution is 0.0955. The van der Waals surface area contributed by atoms with Crippen LogP contribution < -0.4 is 10.6 Å². The van der Waals surface area contributed by atoms with E-state index >= 15 is 0 Å². The Morgan fingerprint density at radius 3 is 2.92 bits per heavy atom. The van der Waals surface area contributed by atoms with Gasteiger partial charge in [0.25, 0.3) is 5.91 Å². The summed E-state index contributed by atoms with van der Waals surface area (Å²) in [5.74, 6) is 0.976. The molecule has 26 heavy (non-hydrogen) atoms. The number of amides is 1. The third-order valence-corrected chi connectivity index (χ3v) is 6.05. The predicted molar refractivity (Wildman–Crippen MR) is 108 cm³/mol. The molecule has 0 saturated heterocycles. The van der Waals surface area contributed by atoms with E-state index < -0.39 is 0 Å². The van der Waals surface area contributed by atoms with Crippen LogP contribution in [0.4, 0.5) is 5.82 Å². The summed E-state index contributed by atoms with van der Waals surface area (Å²) in [5.41, 5.74) is 1.81. The molecule has 2 N–H and O–H groups in total. The summed E-state index contributed by atoms with van der Waals surface area (Å²) in [7, 11) is 1.99. The molecule has 5 nitrogen and oxygen atoms in total. The van der Waals surface area contributed by atoms with Crippen LogP contribution in [0.5, 0.6) is 0 Å². The van der Waals surface area contributed by atoms with Gasteiger partial charge < -0.3 is 15.2 Å². The number of aryl methyl sites for hydroxylation is 2. The van der Waals surface area contributed by atoms with Crippen LogP contribution in [0.1, 0.15) is 48.5 Å². The van der Waals surface area contributed by atoms with Gasteiger partial charge in [0.2, 0.25) is 0 Å². The lowest BCUT2D eigenvalue weighted by atomic mass is 9.95. The largest absolute Gasteiger partial charge is 0.366 e. The Hall–Kier alpha value is -1.95.